The first kappa shape index (κ1) is 24.5. The van der Waals surface area contributed by atoms with E-state index in [0.29, 0.717) is 68.7 Å². The summed E-state index contributed by atoms with van der Waals surface area (Å²) in [6, 6.07) is 10.4. The molecule has 0 aliphatic carbocycles. The molecule has 0 bridgehead atoms. The van der Waals surface area contributed by atoms with Crippen LogP contribution in [0.1, 0.15) is 25.3 Å². The van der Waals surface area contributed by atoms with E-state index in [0.717, 1.165) is 22.8 Å². The number of amidine groups is 1. The molecule has 200 valence electrons. The predicted molar refractivity (Wildman–Crippen MR) is 142 cm³/mol. The monoisotopic (exact) mass is 522 g/mol. The summed E-state index contributed by atoms with van der Waals surface area (Å²) in [6.07, 6.45) is 3.35. The van der Waals surface area contributed by atoms with Gasteiger partial charge < -0.3 is 35.0 Å². The quantitative estimate of drug-likeness (QED) is 0.439. The minimum atomic E-state index is -0.532. The second-order valence-corrected chi connectivity index (χ2v) is 9.70. The summed E-state index contributed by atoms with van der Waals surface area (Å²) in [7, 11) is 0. The minimum Gasteiger partial charge on any atom is -0.488 e. The number of fused-ring (bicyclic) bond motifs is 2. The molecule has 3 N–H and O–H groups in total. The summed E-state index contributed by atoms with van der Waals surface area (Å²) >= 11 is 0. The molecule has 11 heteroatoms. The number of ether oxygens (including phenoxy) is 4. The van der Waals surface area contributed by atoms with Crippen LogP contribution in [0.5, 0.6) is 11.5 Å². The van der Waals surface area contributed by atoms with E-state index in [1.165, 1.54) is 12.1 Å². The molecular weight excluding hydrogens is 491 g/mol. The predicted octanol–water partition coefficient (Wildman–Crippen LogP) is 3.33. The molecule has 6 rings (SSSR count). The van der Waals surface area contributed by atoms with Gasteiger partial charge in [0.15, 0.2) is 28.8 Å². The van der Waals surface area contributed by atoms with Gasteiger partial charge in [-0.2, -0.15) is 0 Å². The highest BCUT2D eigenvalue weighted by Gasteiger charge is 2.50. The van der Waals surface area contributed by atoms with Crippen molar-refractivity contribution in [2.45, 2.75) is 25.4 Å². The van der Waals surface area contributed by atoms with E-state index in [1.54, 1.807) is 19.1 Å². The van der Waals surface area contributed by atoms with Crippen molar-refractivity contribution in [2.75, 3.05) is 56.3 Å². The number of nitrogens with two attached hydrogens (primary N) is 1. The van der Waals surface area contributed by atoms with Gasteiger partial charge in [-0.3, -0.25) is 10.0 Å². The SMILES string of the molecule is CC(=N)CN(CN)c1ccc(C=C2OCCN3C2=NC2(CCOCC2)N3c2ccc(F)cc2)c2c1OCO2. The van der Waals surface area contributed by atoms with Crippen molar-refractivity contribution in [3.8, 4) is 11.5 Å². The van der Waals surface area contributed by atoms with Crippen LogP contribution in [0, 0.1) is 11.2 Å². The van der Waals surface area contributed by atoms with Gasteiger partial charge in [0.05, 0.1) is 44.3 Å². The standard InChI is InChI=1S/C27H31FN6O4/c1-18(30)15-32(16-29)22-7-2-19(24-25(22)38-17-37-24)14-23-26-31-27(8-11-35-12-9-27)34(33(26)10-13-36-23)21-5-3-20(28)4-6-21/h2-7,14,30H,8-13,15-17,29H2,1H3. The number of hydrogen-bond acceptors (Lipinski definition) is 10. The second-order valence-electron chi connectivity index (χ2n) is 9.70. The van der Waals surface area contributed by atoms with Crippen LogP contribution in [0.25, 0.3) is 6.08 Å². The average Bonchev–Trinajstić information content (AvgIpc) is 3.53. The third-order valence-electron chi connectivity index (χ3n) is 7.14. The molecular formula is C27H31FN6O4. The van der Waals surface area contributed by atoms with E-state index in [2.05, 4.69) is 10.0 Å². The Morgan fingerprint density at radius 1 is 1.11 bits per heavy atom. The fourth-order valence-corrected chi connectivity index (χ4v) is 5.45. The molecule has 4 aliphatic rings. The second kappa shape index (κ2) is 9.80. The zero-order valence-corrected chi connectivity index (χ0v) is 21.3. The van der Waals surface area contributed by atoms with Crippen molar-refractivity contribution in [3.05, 3.63) is 53.5 Å². The molecule has 38 heavy (non-hydrogen) atoms. The number of hydrogen-bond donors (Lipinski definition) is 2. The topological polar surface area (TPSA) is 109 Å². The molecule has 2 aromatic rings. The zero-order chi connectivity index (χ0) is 26.3. The number of rotatable bonds is 6. The third-order valence-corrected chi connectivity index (χ3v) is 7.14. The lowest BCUT2D eigenvalue weighted by Gasteiger charge is -2.45. The Morgan fingerprint density at radius 3 is 2.61 bits per heavy atom. The molecule has 0 atom stereocenters. The highest BCUT2D eigenvalue weighted by atomic mass is 19.1. The number of hydrazine groups is 1. The van der Waals surface area contributed by atoms with E-state index in [-0.39, 0.29) is 19.3 Å². The van der Waals surface area contributed by atoms with Gasteiger partial charge in [0.25, 0.3) is 0 Å². The van der Waals surface area contributed by atoms with Gasteiger partial charge in [-0.25, -0.2) is 9.38 Å². The summed E-state index contributed by atoms with van der Waals surface area (Å²) in [5.41, 5.74) is 8.39. The number of morpholine rings is 1. The molecule has 2 aromatic carbocycles. The molecule has 2 fully saturated rings. The maximum atomic E-state index is 13.8. The number of nitrogens with one attached hydrogen (secondary N) is 1. The molecule has 10 nitrogen and oxygen atoms in total. The Labute approximate surface area is 220 Å². The van der Waals surface area contributed by atoms with Crippen LogP contribution in [-0.2, 0) is 9.47 Å². The maximum Gasteiger partial charge on any atom is 0.231 e. The van der Waals surface area contributed by atoms with Crippen LogP contribution in [-0.4, -0.2) is 68.6 Å². The van der Waals surface area contributed by atoms with Crippen LogP contribution in [0.15, 0.2) is 47.1 Å². The summed E-state index contributed by atoms with van der Waals surface area (Å²) in [6.45, 7) is 4.74. The Hall–Kier alpha value is -3.83. The van der Waals surface area contributed by atoms with Crippen molar-refractivity contribution in [1.29, 1.82) is 5.41 Å². The molecule has 0 unspecified atom stereocenters. The lowest BCUT2D eigenvalue weighted by molar-refractivity contribution is 0.0438. The van der Waals surface area contributed by atoms with Gasteiger partial charge in [0.2, 0.25) is 6.79 Å². The van der Waals surface area contributed by atoms with Crippen LogP contribution in [0.3, 0.4) is 0 Å². The molecule has 0 aromatic heterocycles. The number of halogens is 1. The Bertz CT molecular complexity index is 1290. The smallest absolute Gasteiger partial charge is 0.231 e. The Balaban J connectivity index is 1.39. The van der Waals surface area contributed by atoms with Crippen molar-refractivity contribution in [3.63, 3.8) is 0 Å². The van der Waals surface area contributed by atoms with Gasteiger partial charge in [-0.05, 0) is 49.4 Å². The van der Waals surface area contributed by atoms with E-state index in [1.807, 2.05) is 23.1 Å². The molecule has 0 radical (unpaired) electrons. The first-order valence-electron chi connectivity index (χ1n) is 12.8. The highest BCUT2D eigenvalue weighted by Crippen LogP contribution is 2.46. The van der Waals surface area contributed by atoms with E-state index in [4.69, 9.17) is 35.1 Å². The van der Waals surface area contributed by atoms with Gasteiger partial charge in [0, 0.05) is 24.1 Å². The number of benzene rings is 2. The zero-order valence-electron chi connectivity index (χ0n) is 21.3. The van der Waals surface area contributed by atoms with Crippen molar-refractivity contribution in [2.24, 2.45) is 10.7 Å². The van der Waals surface area contributed by atoms with Gasteiger partial charge in [-0.1, -0.05) is 0 Å². The molecule has 4 aliphatic heterocycles. The largest absolute Gasteiger partial charge is 0.488 e. The number of aliphatic imine (C=N–C) groups is 1. The normalized spacial score (nSPS) is 20.4. The first-order valence-corrected chi connectivity index (χ1v) is 12.8. The number of nitrogens with zero attached hydrogens (tertiary/aromatic N) is 4. The molecule has 1 spiro atoms. The van der Waals surface area contributed by atoms with Crippen molar-refractivity contribution < 1.29 is 23.3 Å². The molecule has 4 heterocycles. The van der Waals surface area contributed by atoms with E-state index < -0.39 is 5.66 Å². The molecule has 0 amide bonds. The van der Waals surface area contributed by atoms with Gasteiger partial charge in [-0.15, -0.1) is 0 Å². The van der Waals surface area contributed by atoms with Crippen LogP contribution < -0.4 is 25.1 Å². The first-order chi connectivity index (χ1) is 18.5. The van der Waals surface area contributed by atoms with Crippen molar-refractivity contribution in [1.82, 2.24) is 5.01 Å². The van der Waals surface area contributed by atoms with Gasteiger partial charge >= 0.3 is 0 Å². The minimum absolute atomic E-state index is 0.0971. The highest BCUT2D eigenvalue weighted by molar-refractivity contribution is 6.04. The van der Waals surface area contributed by atoms with Crippen molar-refractivity contribution >= 4 is 29.0 Å². The summed E-state index contributed by atoms with van der Waals surface area (Å²) in [5.74, 6) is 2.28. The molecule has 0 saturated carbocycles. The lowest BCUT2D eigenvalue weighted by atomic mass is 10.00. The summed E-state index contributed by atoms with van der Waals surface area (Å²) in [5, 5.41) is 12.2. The van der Waals surface area contributed by atoms with E-state index in [9.17, 15) is 4.39 Å². The Morgan fingerprint density at radius 2 is 1.87 bits per heavy atom. The summed E-state index contributed by atoms with van der Waals surface area (Å²) < 4.78 is 37.3. The van der Waals surface area contributed by atoms with Crippen LogP contribution >= 0.6 is 0 Å². The van der Waals surface area contributed by atoms with Crippen LogP contribution in [0.2, 0.25) is 0 Å². The number of anilines is 2. The van der Waals surface area contributed by atoms with Gasteiger partial charge in [0.1, 0.15) is 12.4 Å². The van der Waals surface area contributed by atoms with E-state index >= 15 is 0 Å². The summed E-state index contributed by atoms with van der Waals surface area (Å²) in [4.78, 5) is 7.10. The average molecular weight is 523 g/mol. The fraction of sp³-hybridized carbons (Fsp3) is 0.407. The van der Waals surface area contributed by atoms with Crippen LogP contribution in [0.4, 0.5) is 15.8 Å². The molecule has 2 saturated heterocycles. The lowest BCUT2D eigenvalue weighted by Crippen LogP contribution is -2.56. The third kappa shape index (κ3) is 4.21. The maximum absolute atomic E-state index is 13.8. The fourth-order valence-electron chi connectivity index (χ4n) is 5.45. The Kier molecular flexibility index (Phi) is 6.32.